The zero-order valence-electron chi connectivity index (χ0n) is 3.14. The topological polar surface area (TPSA) is 51.2 Å². The molecule has 0 rings (SSSR count). The summed E-state index contributed by atoms with van der Waals surface area (Å²) in [5.74, 6) is 0. The third-order valence-corrected chi connectivity index (χ3v) is 0. The third-order valence-electron chi connectivity index (χ3n) is 0. The first-order chi connectivity index (χ1) is 3.00. The fraction of sp³-hybridized carbons (Fsp3) is 0. The Morgan fingerprint density at radius 3 is 0.833 bits per heavy atom. The molecule has 0 aliphatic rings. The molecule has 0 N–H and O–H groups in total. The Morgan fingerprint density at radius 1 is 0.833 bits per heavy atom. The molecule has 0 bridgehead atoms. The van der Waals surface area contributed by atoms with E-state index in [0.29, 0.717) is 0 Å². The molecule has 0 aliphatic carbocycles. The number of hydrogen-bond donors (Lipinski definition) is 0. The van der Waals surface area contributed by atoms with Crippen LogP contribution in [0.5, 0.6) is 0 Å². The van der Waals surface area contributed by atoms with E-state index in [4.69, 9.17) is 6.65 Å². The standard InChI is InChI=1S/Ce.2In.3O.2H. The normalized spacial score (nSPS) is 1.50. The van der Waals surface area contributed by atoms with Crippen LogP contribution in [-0.2, 0) is 6.65 Å². The summed E-state index contributed by atoms with van der Waals surface area (Å²) in [7, 11) is 0. The molecule has 6 heteroatoms. The van der Waals surface area contributed by atoms with Crippen molar-refractivity contribution in [3.8, 4) is 0 Å². The van der Waals surface area contributed by atoms with Crippen LogP contribution in [-0.4, -0.2) is 48.8 Å². The van der Waals surface area contributed by atoms with Crippen molar-refractivity contribution in [2.24, 2.45) is 0 Å². The summed E-state index contributed by atoms with van der Waals surface area (Å²) in [5.41, 5.74) is 0. The van der Waals surface area contributed by atoms with Gasteiger partial charge in [-0.05, 0) is 0 Å². The Bertz CT molecular complexity index is 13.5. The second-order valence-electron chi connectivity index (χ2n) is 0. The predicted octanol–water partition coefficient (Wildman–Crippen LogP) is -1.65. The molecule has 0 fully saturated rings. The summed E-state index contributed by atoms with van der Waals surface area (Å²) in [6, 6.07) is 0. The van der Waals surface area contributed by atoms with E-state index in [1.54, 1.807) is 0 Å². The molecular weight excluding hydrogens is 418 g/mol. The van der Waals surface area contributed by atoms with Crippen molar-refractivity contribution in [3.63, 3.8) is 0 Å². The zero-order valence-corrected chi connectivity index (χ0v) is 14.4. The van der Waals surface area contributed by atoms with E-state index >= 15 is 0 Å². The minimum atomic E-state index is -0.1000. The second-order valence-corrected chi connectivity index (χ2v) is 0. The van der Waals surface area contributed by atoms with E-state index in [-0.39, 0.29) is 88.5 Å². The Morgan fingerprint density at radius 2 is 0.833 bits per heavy atom. The predicted molar refractivity (Wildman–Crippen MR) is 16.4 cm³/mol. The van der Waals surface area contributed by atoms with Gasteiger partial charge < -0.3 is 0 Å². The quantitative estimate of drug-likeness (QED) is 0.473. The first kappa shape index (κ1) is 15.8. The molecule has 3 nitrogen and oxygen atoms in total. The van der Waals surface area contributed by atoms with Crippen LogP contribution in [0.1, 0.15) is 0 Å². The Kier molecular flexibility index (Phi) is 133. The van der Waals surface area contributed by atoms with Gasteiger partial charge in [0.1, 0.15) is 0 Å². The van der Waals surface area contributed by atoms with Crippen molar-refractivity contribution in [1.82, 2.24) is 0 Å². The summed E-state index contributed by atoms with van der Waals surface area (Å²) in [6.45, 7) is 0. The van der Waals surface area contributed by atoms with E-state index in [1.165, 1.54) is 0 Å². The molecule has 0 saturated heterocycles. The number of rotatable bonds is 0. The molecule has 30 valence electrons. The third kappa shape index (κ3) is 31.3. The average molecular weight is 420 g/mol. The maximum atomic E-state index is 8.42. The van der Waals surface area contributed by atoms with Gasteiger partial charge in [-0.25, -0.2) is 0 Å². The van der Waals surface area contributed by atoms with E-state index < -0.39 is 0 Å². The van der Waals surface area contributed by atoms with E-state index in [0.717, 1.165) is 0 Å². The summed E-state index contributed by atoms with van der Waals surface area (Å²) in [4.78, 5) is 0. The van der Waals surface area contributed by atoms with Gasteiger partial charge in [0, 0.05) is 0 Å². The molecule has 0 amide bonds. The molecule has 0 aromatic heterocycles. The van der Waals surface area contributed by atoms with Crippen molar-refractivity contribution in [2.75, 3.05) is 0 Å². The fourth-order valence-electron chi connectivity index (χ4n) is 0. The number of hydrogen-bond acceptors (Lipinski definition) is 3. The summed E-state index contributed by atoms with van der Waals surface area (Å²) in [5, 5.41) is 0. The van der Waals surface area contributed by atoms with Gasteiger partial charge in [-0.1, -0.05) is 0 Å². The van der Waals surface area contributed by atoms with Gasteiger partial charge in [0.05, 0.1) is 0 Å². The summed E-state index contributed by atoms with van der Waals surface area (Å²) < 4.78 is 25.2. The van der Waals surface area contributed by atoms with Crippen LogP contribution in [0.4, 0.5) is 0 Å². The molecule has 0 spiro atoms. The van der Waals surface area contributed by atoms with Crippen LogP contribution in [0.3, 0.4) is 0 Å². The van der Waals surface area contributed by atoms with Crippen LogP contribution in [0.15, 0.2) is 0 Å². The second kappa shape index (κ2) is 50.4. The molecule has 0 heterocycles. The Balaban J connectivity index is -0.0000000225. The van der Waals surface area contributed by atoms with Gasteiger partial charge in [0.25, 0.3) is 0 Å². The van der Waals surface area contributed by atoms with Crippen molar-refractivity contribution in [2.45, 2.75) is 0 Å². The van der Waals surface area contributed by atoms with Crippen molar-refractivity contribution in [1.29, 1.82) is 0 Å². The van der Waals surface area contributed by atoms with E-state index in [1.807, 2.05) is 0 Å². The fourth-order valence-corrected chi connectivity index (χ4v) is 0. The SMILES string of the molecule is [O]=[Ce].[O]=[InH].[O]=[InH]. The molecule has 0 saturated carbocycles. The van der Waals surface area contributed by atoms with Crippen molar-refractivity contribution in [3.05, 3.63) is 0 Å². The van der Waals surface area contributed by atoms with Gasteiger partial charge in [-0.15, -0.1) is 0 Å². The van der Waals surface area contributed by atoms with Crippen LogP contribution in [0, 0.1) is 39.8 Å². The Hall–Kier alpha value is 2.52. The molecule has 0 aromatic carbocycles. The first-order valence-corrected chi connectivity index (χ1v) is 5.36. The molecule has 6 heavy (non-hydrogen) atoms. The Labute approximate surface area is 92.8 Å². The summed E-state index contributed by atoms with van der Waals surface area (Å²) in [6.07, 6.45) is 0. The monoisotopic (exact) mass is 420 g/mol. The van der Waals surface area contributed by atoms with Crippen LogP contribution < -0.4 is 0 Å². The molecule has 0 aromatic rings. The molecule has 0 aliphatic heterocycles. The minimum absolute atomic E-state index is 0.0556. The maximum absolute atomic E-state index is 8.42. The van der Waals surface area contributed by atoms with Crippen LogP contribution in [0.25, 0.3) is 0 Å². The van der Waals surface area contributed by atoms with Gasteiger partial charge in [-0.3, -0.25) is 0 Å². The van der Waals surface area contributed by atoms with E-state index in [2.05, 4.69) is 0 Å². The average Bonchev–Trinajstić information content (AvgIpc) is 1.81. The first-order valence-electron chi connectivity index (χ1n) is 0.781. The van der Waals surface area contributed by atoms with Crippen LogP contribution in [0.2, 0.25) is 0 Å². The zero-order chi connectivity index (χ0) is 6.00. The molecular formula is H2CeIn2O3. The van der Waals surface area contributed by atoms with Gasteiger partial charge in [-0.2, -0.15) is 0 Å². The molecule has 0 unspecified atom stereocenters. The molecule has 0 radical (unpaired) electrons. The van der Waals surface area contributed by atoms with Gasteiger partial charge in [0.2, 0.25) is 0 Å². The molecule has 0 atom stereocenters. The van der Waals surface area contributed by atoms with Gasteiger partial charge >= 0.3 is 95.2 Å². The van der Waals surface area contributed by atoms with Crippen molar-refractivity contribution < 1.29 is 46.4 Å². The summed E-state index contributed by atoms with van der Waals surface area (Å²) >= 11 is -0.144. The van der Waals surface area contributed by atoms with Gasteiger partial charge in [0.15, 0.2) is 0 Å². The van der Waals surface area contributed by atoms with E-state index in [9.17, 15) is 0 Å². The van der Waals surface area contributed by atoms with Crippen LogP contribution >= 0.6 is 0 Å². The van der Waals surface area contributed by atoms with Crippen molar-refractivity contribution >= 4 is 48.8 Å².